The summed E-state index contributed by atoms with van der Waals surface area (Å²) >= 11 is 1.92. The molecule has 0 aliphatic carbocycles. The SMILES string of the molecule is CCC(c1ccccc1)C(NC)c1sc(C)cc1C. The topological polar surface area (TPSA) is 12.0 Å². The lowest BCUT2D eigenvalue weighted by Crippen LogP contribution is -2.23. The monoisotopic (exact) mass is 273 g/mol. The number of rotatable bonds is 5. The number of likely N-dealkylation sites (N-methyl/N-ethyl adjacent to an activating group) is 1. The Balaban J connectivity index is 2.37. The summed E-state index contributed by atoms with van der Waals surface area (Å²) in [5.41, 5.74) is 2.84. The lowest BCUT2D eigenvalue weighted by atomic mass is 9.87. The van der Waals surface area contributed by atoms with Crippen molar-refractivity contribution in [2.45, 2.75) is 39.2 Å². The lowest BCUT2D eigenvalue weighted by molar-refractivity contribution is 0.473. The van der Waals surface area contributed by atoms with E-state index in [9.17, 15) is 0 Å². The largest absolute Gasteiger partial charge is 0.312 e. The van der Waals surface area contributed by atoms with Crippen LogP contribution in [0, 0.1) is 13.8 Å². The molecule has 0 spiro atoms. The highest BCUT2D eigenvalue weighted by molar-refractivity contribution is 7.12. The normalized spacial score (nSPS) is 14.3. The summed E-state index contributed by atoms with van der Waals surface area (Å²) in [7, 11) is 2.07. The minimum Gasteiger partial charge on any atom is -0.312 e. The highest BCUT2D eigenvalue weighted by Gasteiger charge is 2.24. The van der Waals surface area contributed by atoms with Crippen molar-refractivity contribution >= 4 is 11.3 Å². The van der Waals surface area contributed by atoms with Gasteiger partial charge in [0.1, 0.15) is 0 Å². The minimum atomic E-state index is 0.408. The summed E-state index contributed by atoms with van der Waals surface area (Å²) in [5, 5.41) is 3.53. The average Bonchev–Trinajstić information content (AvgIpc) is 2.75. The Morgan fingerprint density at radius 2 is 1.84 bits per heavy atom. The van der Waals surface area contributed by atoms with E-state index < -0.39 is 0 Å². The maximum atomic E-state index is 3.53. The fraction of sp³-hybridized carbons (Fsp3) is 0.412. The van der Waals surface area contributed by atoms with Gasteiger partial charge in [-0.15, -0.1) is 11.3 Å². The Kier molecular flexibility index (Phi) is 4.78. The molecule has 0 saturated carbocycles. The van der Waals surface area contributed by atoms with Crippen LogP contribution in [0.2, 0.25) is 0 Å². The molecule has 2 rings (SSSR count). The minimum absolute atomic E-state index is 0.408. The predicted molar refractivity (Wildman–Crippen MR) is 85.1 cm³/mol. The highest BCUT2D eigenvalue weighted by atomic mass is 32.1. The van der Waals surface area contributed by atoms with Gasteiger partial charge in [0, 0.05) is 21.7 Å². The van der Waals surface area contributed by atoms with E-state index in [2.05, 4.69) is 69.5 Å². The smallest absolute Gasteiger partial charge is 0.0484 e. The Hall–Kier alpha value is -1.12. The molecular weight excluding hydrogens is 250 g/mol. The van der Waals surface area contributed by atoms with Crippen LogP contribution in [0.25, 0.3) is 0 Å². The number of benzene rings is 1. The molecule has 102 valence electrons. The first kappa shape index (κ1) is 14.3. The molecular formula is C17H23NS. The van der Waals surface area contributed by atoms with E-state index in [4.69, 9.17) is 0 Å². The van der Waals surface area contributed by atoms with Crippen molar-refractivity contribution in [2.75, 3.05) is 7.05 Å². The summed E-state index contributed by atoms with van der Waals surface area (Å²) < 4.78 is 0. The van der Waals surface area contributed by atoms with Gasteiger partial charge in [-0.2, -0.15) is 0 Å². The summed E-state index contributed by atoms with van der Waals surface area (Å²) in [5.74, 6) is 0.531. The van der Waals surface area contributed by atoms with E-state index in [1.165, 1.54) is 20.9 Å². The first-order valence-electron chi connectivity index (χ1n) is 6.96. The second-order valence-corrected chi connectivity index (χ2v) is 6.38. The van der Waals surface area contributed by atoms with Crippen molar-refractivity contribution in [3.05, 3.63) is 57.3 Å². The zero-order valence-electron chi connectivity index (χ0n) is 12.2. The van der Waals surface area contributed by atoms with Crippen LogP contribution in [-0.2, 0) is 0 Å². The second-order valence-electron chi connectivity index (χ2n) is 5.10. The molecule has 1 aromatic carbocycles. The van der Waals surface area contributed by atoms with E-state index in [1.807, 2.05) is 11.3 Å². The summed E-state index contributed by atoms with van der Waals surface area (Å²) in [6.07, 6.45) is 1.14. The van der Waals surface area contributed by atoms with Gasteiger partial charge in [-0.25, -0.2) is 0 Å². The summed E-state index contributed by atoms with van der Waals surface area (Å²) in [6.45, 7) is 6.69. The molecule has 1 N–H and O–H groups in total. The zero-order chi connectivity index (χ0) is 13.8. The van der Waals surface area contributed by atoms with Crippen LogP contribution in [-0.4, -0.2) is 7.05 Å². The van der Waals surface area contributed by atoms with Gasteiger partial charge in [0.2, 0.25) is 0 Å². The third-order valence-electron chi connectivity index (χ3n) is 3.74. The molecule has 0 saturated heterocycles. The van der Waals surface area contributed by atoms with Gasteiger partial charge in [-0.3, -0.25) is 0 Å². The highest BCUT2D eigenvalue weighted by Crippen LogP contribution is 2.38. The summed E-state index contributed by atoms with van der Waals surface area (Å²) in [6, 6.07) is 13.6. The molecule has 0 amide bonds. The molecule has 0 fully saturated rings. The van der Waals surface area contributed by atoms with Gasteiger partial charge in [-0.05, 0) is 44.5 Å². The molecule has 1 aromatic heterocycles. The Morgan fingerprint density at radius 3 is 2.32 bits per heavy atom. The molecule has 0 radical (unpaired) electrons. The van der Waals surface area contributed by atoms with Crippen molar-refractivity contribution < 1.29 is 0 Å². The number of thiophene rings is 1. The van der Waals surface area contributed by atoms with Crippen LogP contribution in [0.3, 0.4) is 0 Å². The second kappa shape index (κ2) is 6.36. The van der Waals surface area contributed by atoms with E-state index >= 15 is 0 Å². The Morgan fingerprint density at radius 1 is 1.16 bits per heavy atom. The molecule has 0 aliphatic rings. The van der Waals surface area contributed by atoms with Crippen LogP contribution in [0.4, 0.5) is 0 Å². The van der Waals surface area contributed by atoms with Gasteiger partial charge >= 0.3 is 0 Å². The van der Waals surface area contributed by atoms with E-state index in [1.54, 1.807) is 0 Å². The van der Waals surface area contributed by atoms with Crippen molar-refractivity contribution in [3.63, 3.8) is 0 Å². The third kappa shape index (κ3) is 3.07. The summed E-state index contributed by atoms with van der Waals surface area (Å²) in [4.78, 5) is 2.88. The van der Waals surface area contributed by atoms with Crippen LogP contribution < -0.4 is 5.32 Å². The van der Waals surface area contributed by atoms with Crippen molar-refractivity contribution in [1.82, 2.24) is 5.32 Å². The van der Waals surface area contributed by atoms with Gasteiger partial charge in [0.05, 0.1) is 0 Å². The van der Waals surface area contributed by atoms with Crippen LogP contribution >= 0.6 is 11.3 Å². The number of hydrogen-bond acceptors (Lipinski definition) is 2. The standard InChI is InChI=1S/C17H23NS/c1-5-15(14-9-7-6-8-10-14)16(18-4)17-12(2)11-13(3)19-17/h6-11,15-16,18H,5H2,1-4H3. The zero-order valence-corrected chi connectivity index (χ0v) is 13.1. The number of aryl methyl sites for hydroxylation is 2. The van der Waals surface area contributed by atoms with E-state index in [0.717, 1.165) is 6.42 Å². The average molecular weight is 273 g/mol. The number of nitrogens with one attached hydrogen (secondary N) is 1. The fourth-order valence-corrected chi connectivity index (χ4v) is 4.06. The Bertz CT molecular complexity index is 515. The van der Waals surface area contributed by atoms with E-state index in [0.29, 0.717) is 12.0 Å². The molecule has 2 aromatic rings. The fourth-order valence-electron chi connectivity index (χ4n) is 2.85. The third-order valence-corrected chi connectivity index (χ3v) is 4.98. The lowest BCUT2D eigenvalue weighted by Gasteiger charge is -2.26. The molecule has 19 heavy (non-hydrogen) atoms. The van der Waals surface area contributed by atoms with Crippen LogP contribution in [0.5, 0.6) is 0 Å². The van der Waals surface area contributed by atoms with Gasteiger partial charge in [0.25, 0.3) is 0 Å². The molecule has 2 unspecified atom stereocenters. The van der Waals surface area contributed by atoms with Gasteiger partial charge < -0.3 is 5.32 Å². The Labute approximate surface area is 120 Å². The predicted octanol–water partition coefficient (Wildman–Crippen LogP) is 4.82. The van der Waals surface area contributed by atoms with Crippen molar-refractivity contribution in [1.29, 1.82) is 0 Å². The molecule has 1 nitrogen and oxygen atoms in total. The maximum Gasteiger partial charge on any atom is 0.0484 e. The van der Waals surface area contributed by atoms with Crippen molar-refractivity contribution in [3.8, 4) is 0 Å². The first-order valence-corrected chi connectivity index (χ1v) is 7.78. The van der Waals surface area contributed by atoms with E-state index in [-0.39, 0.29) is 0 Å². The van der Waals surface area contributed by atoms with Crippen LogP contribution in [0.1, 0.15) is 46.2 Å². The number of hydrogen-bond donors (Lipinski definition) is 1. The molecule has 2 heteroatoms. The molecule has 2 atom stereocenters. The quantitative estimate of drug-likeness (QED) is 0.823. The first-order chi connectivity index (χ1) is 9.17. The van der Waals surface area contributed by atoms with Crippen molar-refractivity contribution in [2.24, 2.45) is 0 Å². The van der Waals surface area contributed by atoms with Gasteiger partial charge in [-0.1, -0.05) is 37.3 Å². The molecule has 0 aliphatic heterocycles. The molecule has 0 bridgehead atoms. The van der Waals surface area contributed by atoms with Crippen LogP contribution in [0.15, 0.2) is 36.4 Å². The molecule has 1 heterocycles. The maximum absolute atomic E-state index is 3.53. The van der Waals surface area contributed by atoms with Gasteiger partial charge in [0.15, 0.2) is 0 Å².